The van der Waals surface area contributed by atoms with E-state index in [0.717, 1.165) is 31.2 Å². The first-order valence-corrected chi connectivity index (χ1v) is 13.4. The topological polar surface area (TPSA) is 128 Å². The minimum absolute atomic E-state index is 0.0472. The maximum Gasteiger partial charge on any atom is 0.416 e. The number of piperidine rings is 1. The van der Waals surface area contributed by atoms with Gasteiger partial charge in [0.1, 0.15) is 28.7 Å². The van der Waals surface area contributed by atoms with Crippen LogP contribution in [0.5, 0.6) is 0 Å². The smallest absolute Gasteiger partial charge is 0.382 e. The molecule has 2 aliphatic rings. The molecule has 2 fully saturated rings. The van der Waals surface area contributed by atoms with Crippen molar-refractivity contribution in [2.24, 2.45) is 5.41 Å². The molecular weight excluding hydrogens is 551 g/mol. The standard InChI is InChI=1S/C29H28F3N7O3/c1-28(15-42-16-28)27(41)38-11-2-3-19(14-38)25-37-22(23-24(33)35-10-12-39(23)25)17-4-6-18(7-5-17)26(40)36-21-13-20(8-9-34-21)29(30,31)32/h4-10,12-13,19H,2-3,11,14-16H2,1H3,(H2,33,35)(H,34,36,40)/t19-/m1/s1/i12D. The fourth-order valence-corrected chi connectivity index (χ4v) is 5.43. The molecule has 0 aliphatic carbocycles. The maximum absolute atomic E-state index is 13.2. The lowest BCUT2D eigenvalue weighted by Crippen LogP contribution is -2.55. The number of carbonyl (C=O) groups is 2. The number of amides is 2. The molecule has 6 rings (SSSR count). The molecule has 1 aromatic carbocycles. The predicted octanol–water partition coefficient (Wildman–Crippen LogP) is 4.39. The number of aromatic nitrogens is 4. The van der Waals surface area contributed by atoms with E-state index in [0.29, 0.717) is 48.9 Å². The number of nitrogen functional groups attached to an aromatic ring is 1. The van der Waals surface area contributed by atoms with Crippen molar-refractivity contribution in [3.05, 3.63) is 71.9 Å². The van der Waals surface area contributed by atoms with Crippen LogP contribution in [0.25, 0.3) is 16.8 Å². The molecule has 0 unspecified atom stereocenters. The third-order valence-electron chi connectivity index (χ3n) is 7.72. The highest BCUT2D eigenvalue weighted by Crippen LogP contribution is 2.36. The Morgan fingerprint density at radius 3 is 2.62 bits per heavy atom. The number of alkyl halides is 3. The van der Waals surface area contributed by atoms with Gasteiger partial charge < -0.3 is 20.7 Å². The summed E-state index contributed by atoms with van der Waals surface area (Å²) < 4.78 is 54.7. The lowest BCUT2D eigenvalue weighted by atomic mass is 9.85. The number of hydrogen-bond donors (Lipinski definition) is 2. The lowest BCUT2D eigenvalue weighted by molar-refractivity contribution is -0.170. The molecule has 5 heterocycles. The van der Waals surface area contributed by atoms with Crippen LogP contribution in [0.2, 0.25) is 0 Å². The zero-order valence-electron chi connectivity index (χ0n) is 23.6. The Hall–Kier alpha value is -4.52. The maximum atomic E-state index is 13.2. The summed E-state index contributed by atoms with van der Waals surface area (Å²) in [6.45, 7) is 3.77. The molecule has 0 radical (unpaired) electrons. The fourth-order valence-electron chi connectivity index (χ4n) is 5.43. The fraction of sp³-hybridized carbons (Fsp3) is 0.345. The van der Waals surface area contributed by atoms with Crippen LogP contribution in [0.1, 0.15) is 48.8 Å². The molecule has 1 atom stereocenters. The van der Waals surface area contributed by atoms with Crippen molar-refractivity contribution >= 4 is 29.0 Å². The highest BCUT2D eigenvalue weighted by molar-refractivity contribution is 6.04. The summed E-state index contributed by atoms with van der Waals surface area (Å²) in [4.78, 5) is 40.7. The van der Waals surface area contributed by atoms with Crippen LogP contribution in [0.4, 0.5) is 24.8 Å². The van der Waals surface area contributed by atoms with Crippen molar-refractivity contribution in [3.8, 4) is 11.3 Å². The van der Waals surface area contributed by atoms with Crippen LogP contribution in [0.15, 0.2) is 55.0 Å². The van der Waals surface area contributed by atoms with Gasteiger partial charge in [0.05, 0.1) is 25.6 Å². The van der Waals surface area contributed by atoms with Crippen molar-refractivity contribution in [2.75, 3.05) is 37.4 Å². The van der Waals surface area contributed by atoms with E-state index in [1.54, 1.807) is 16.5 Å². The first-order chi connectivity index (χ1) is 20.4. The van der Waals surface area contributed by atoms with E-state index in [9.17, 15) is 22.8 Å². The molecule has 2 saturated heterocycles. The number of ether oxygens (including phenoxy) is 1. The number of rotatable bonds is 5. The number of halogens is 3. The summed E-state index contributed by atoms with van der Waals surface area (Å²) in [5.41, 5.74) is 6.52. The van der Waals surface area contributed by atoms with Gasteiger partial charge in [-0.15, -0.1) is 0 Å². The van der Waals surface area contributed by atoms with E-state index < -0.39 is 23.1 Å². The van der Waals surface area contributed by atoms with Gasteiger partial charge in [0.25, 0.3) is 5.91 Å². The summed E-state index contributed by atoms with van der Waals surface area (Å²) in [6.07, 6.45) is -0.613. The second kappa shape index (κ2) is 10.4. The number of likely N-dealkylation sites (tertiary alicyclic amines) is 1. The number of benzene rings is 1. The highest BCUT2D eigenvalue weighted by Gasteiger charge is 2.45. The Kier molecular flexibility index (Phi) is 6.53. The van der Waals surface area contributed by atoms with Crippen LogP contribution in [-0.2, 0) is 15.7 Å². The summed E-state index contributed by atoms with van der Waals surface area (Å²) in [6, 6.07) is 7.90. The average Bonchev–Trinajstić information content (AvgIpc) is 3.39. The summed E-state index contributed by atoms with van der Waals surface area (Å²) in [7, 11) is 0. The molecule has 218 valence electrons. The van der Waals surface area contributed by atoms with Crippen molar-refractivity contribution < 1.29 is 28.9 Å². The zero-order valence-corrected chi connectivity index (χ0v) is 22.6. The Morgan fingerprint density at radius 2 is 1.93 bits per heavy atom. The van der Waals surface area contributed by atoms with Gasteiger partial charge in [0, 0.05) is 48.7 Å². The van der Waals surface area contributed by atoms with E-state index in [1.807, 2.05) is 11.8 Å². The third-order valence-corrected chi connectivity index (χ3v) is 7.72. The molecule has 3 N–H and O–H groups in total. The first-order valence-electron chi connectivity index (χ1n) is 13.9. The molecule has 3 aromatic heterocycles. The monoisotopic (exact) mass is 580 g/mol. The molecule has 42 heavy (non-hydrogen) atoms. The van der Waals surface area contributed by atoms with Gasteiger partial charge in [-0.25, -0.2) is 15.0 Å². The van der Waals surface area contributed by atoms with E-state index in [-0.39, 0.29) is 35.2 Å². The molecule has 2 amide bonds. The summed E-state index contributed by atoms with van der Waals surface area (Å²) in [5.74, 6) is -0.209. The number of nitrogens with two attached hydrogens (primary N) is 1. The summed E-state index contributed by atoms with van der Waals surface area (Å²) >= 11 is 0. The Balaban J connectivity index is 1.29. The highest BCUT2D eigenvalue weighted by atomic mass is 19.4. The van der Waals surface area contributed by atoms with Gasteiger partial charge in [-0.1, -0.05) is 12.1 Å². The van der Waals surface area contributed by atoms with Crippen molar-refractivity contribution in [2.45, 2.75) is 31.9 Å². The van der Waals surface area contributed by atoms with Gasteiger partial charge in [-0.3, -0.25) is 14.0 Å². The Bertz CT molecular complexity index is 1720. The van der Waals surface area contributed by atoms with Crippen LogP contribution in [-0.4, -0.2) is 62.4 Å². The Morgan fingerprint density at radius 1 is 1.17 bits per heavy atom. The number of carbonyl (C=O) groups excluding carboxylic acids is 2. The molecule has 0 saturated carbocycles. The van der Waals surface area contributed by atoms with E-state index in [1.165, 1.54) is 18.3 Å². The number of pyridine rings is 1. The normalized spacial score (nSPS) is 18.8. The Labute approximate surface area is 240 Å². The predicted molar refractivity (Wildman–Crippen MR) is 148 cm³/mol. The van der Waals surface area contributed by atoms with Crippen molar-refractivity contribution in [1.29, 1.82) is 0 Å². The number of hydrogen-bond acceptors (Lipinski definition) is 7. The van der Waals surface area contributed by atoms with Gasteiger partial charge in [-0.2, -0.15) is 13.2 Å². The van der Waals surface area contributed by atoms with Crippen LogP contribution in [0, 0.1) is 5.41 Å². The van der Waals surface area contributed by atoms with Crippen molar-refractivity contribution in [3.63, 3.8) is 0 Å². The number of anilines is 2. The second-order valence-corrected chi connectivity index (χ2v) is 10.9. The lowest BCUT2D eigenvalue weighted by Gasteiger charge is -2.42. The van der Waals surface area contributed by atoms with E-state index in [2.05, 4.69) is 15.3 Å². The van der Waals surface area contributed by atoms with Gasteiger partial charge in [-0.05, 0) is 44.0 Å². The van der Waals surface area contributed by atoms with Crippen LogP contribution < -0.4 is 11.1 Å². The van der Waals surface area contributed by atoms with Gasteiger partial charge >= 0.3 is 6.18 Å². The van der Waals surface area contributed by atoms with Gasteiger partial charge in [0.15, 0.2) is 0 Å². The number of imidazole rings is 1. The molecule has 13 heteroatoms. The largest absolute Gasteiger partial charge is 0.416 e. The van der Waals surface area contributed by atoms with Gasteiger partial charge in [0.2, 0.25) is 5.91 Å². The minimum atomic E-state index is -4.57. The van der Waals surface area contributed by atoms with Crippen LogP contribution >= 0.6 is 0 Å². The molecule has 2 aliphatic heterocycles. The molecule has 4 aromatic rings. The number of nitrogens with zero attached hydrogens (tertiary/aromatic N) is 5. The quantitative estimate of drug-likeness (QED) is 0.359. The van der Waals surface area contributed by atoms with Crippen molar-refractivity contribution in [1.82, 2.24) is 24.3 Å². The minimum Gasteiger partial charge on any atom is -0.382 e. The second-order valence-electron chi connectivity index (χ2n) is 10.9. The average molecular weight is 581 g/mol. The van der Waals surface area contributed by atoms with E-state index >= 15 is 0 Å². The molecular formula is C29H28F3N7O3. The SMILES string of the molecule is [2H]c1cnc(N)c2c(-c3ccc(C(=O)Nc4cc(C(F)(F)F)ccn4)cc3)nc([C@@H]3CCCN(C(=O)C4(C)COC4)C3)n12. The molecule has 10 nitrogen and oxygen atoms in total. The number of nitrogens with one attached hydrogen (secondary N) is 1. The van der Waals surface area contributed by atoms with Crippen LogP contribution in [0.3, 0.4) is 0 Å². The first kappa shape index (κ1) is 26.4. The number of fused-ring (bicyclic) bond motifs is 1. The zero-order chi connectivity index (χ0) is 30.5. The third kappa shape index (κ3) is 5.04. The van der Waals surface area contributed by atoms with E-state index in [4.69, 9.17) is 16.8 Å². The molecule has 0 bridgehead atoms. The summed E-state index contributed by atoms with van der Waals surface area (Å²) in [5, 5.41) is 2.39. The molecule has 0 spiro atoms.